The van der Waals surface area contributed by atoms with E-state index in [9.17, 15) is 18.0 Å². The van der Waals surface area contributed by atoms with Crippen LogP contribution in [0.1, 0.15) is 16.7 Å². The largest absolute Gasteiger partial charge is 0.442 e. The highest BCUT2D eigenvalue weighted by atomic mass is 19.4. The smallest absolute Gasteiger partial charge is 0.330 e. The third-order valence-electron chi connectivity index (χ3n) is 5.02. The second-order valence-electron chi connectivity index (χ2n) is 7.18. The summed E-state index contributed by atoms with van der Waals surface area (Å²) in [6.45, 7) is 1.57. The molecule has 0 unspecified atom stereocenters. The molecule has 1 amide bonds. The predicted octanol–water partition coefficient (Wildman–Crippen LogP) is 4.55. The van der Waals surface area contributed by atoms with Crippen LogP contribution in [0, 0.1) is 6.92 Å². The molecule has 1 aliphatic heterocycles. The maximum Gasteiger partial charge on any atom is 0.442 e. The number of rotatable bonds is 5. The molecule has 158 valence electrons. The van der Waals surface area contributed by atoms with Crippen molar-refractivity contribution in [2.24, 2.45) is 4.99 Å². The molecule has 1 aliphatic rings. The molecule has 1 atom stereocenters. The first kappa shape index (κ1) is 20.6. The summed E-state index contributed by atoms with van der Waals surface area (Å²) >= 11 is 0. The topological polar surface area (TPSA) is 57.6 Å². The molecule has 0 saturated heterocycles. The Bertz CT molecular complexity index is 1120. The van der Waals surface area contributed by atoms with Gasteiger partial charge in [-0.15, -0.1) is 0 Å². The van der Waals surface area contributed by atoms with Crippen LogP contribution < -0.4 is 5.32 Å². The van der Waals surface area contributed by atoms with Crippen LogP contribution in [-0.4, -0.2) is 33.5 Å². The number of alkyl halides is 3. The van der Waals surface area contributed by atoms with Crippen LogP contribution in [-0.2, 0) is 11.3 Å². The Balaban J connectivity index is 1.85. The zero-order valence-electron chi connectivity index (χ0n) is 16.6. The number of nitrogens with zero attached hydrogens (tertiary/aromatic N) is 3. The molecule has 0 bridgehead atoms. The molecule has 0 fully saturated rings. The predicted molar refractivity (Wildman–Crippen MR) is 111 cm³/mol. The van der Waals surface area contributed by atoms with E-state index < -0.39 is 17.7 Å². The van der Waals surface area contributed by atoms with Crippen LogP contribution in [0.25, 0.3) is 0 Å². The maximum absolute atomic E-state index is 14.4. The average Bonchev–Trinajstić information content (AvgIpc) is 3.04. The Morgan fingerprint density at radius 3 is 2.23 bits per heavy atom. The van der Waals surface area contributed by atoms with Gasteiger partial charge >= 0.3 is 11.8 Å². The van der Waals surface area contributed by atoms with E-state index in [-0.39, 0.29) is 18.2 Å². The number of carbonyl (C=O) groups excluding carboxylic acids is 1. The first-order chi connectivity index (χ1) is 14.8. The van der Waals surface area contributed by atoms with Gasteiger partial charge in [0.15, 0.2) is 0 Å². The quantitative estimate of drug-likeness (QED) is 0.654. The van der Waals surface area contributed by atoms with E-state index in [1.807, 2.05) is 0 Å². The van der Waals surface area contributed by atoms with Gasteiger partial charge in [0.1, 0.15) is 11.7 Å². The van der Waals surface area contributed by atoms with E-state index in [2.05, 4.69) is 15.3 Å². The Morgan fingerprint density at radius 2 is 1.61 bits per heavy atom. The second-order valence-corrected chi connectivity index (χ2v) is 7.18. The number of anilines is 1. The van der Waals surface area contributed by atoms with E-state index in [1.54, 1.807) is 79.7 Å². The van der Waals surface area contributed by atoms with Gasteiger partial charge in [-0.2, -0.15) is 13.2 Å². The fourth-order valence-electron chi connectivity index (χ4n) is 3.40. The number of aromatic nitrogens is 1. The van der Waals surface area contributed by atoms with Crippen molar-refractivity contribution in [3.63, 3.8) is 0 Å². The van der Waals surface area contributed by atoms with E-state index >= 15 is 0 Å². The molecule has 0 spiro atoms. The van der Waals surface area contributed by atoms with Crippen molar-refractivity contribution >= 4 is 17.6 Å². The number of aryl methyl sites for hydroxylation is 1. The lowest BCUT2D eigenvalue weighted by atomic mass is 10.1. The number of amides is 1. The van der Waals surface area contributed by atoms with Crippen molar-refractivity contribution in [2.75, 3.05) is 5.32 Å². The first-order valence-corrected chi connectivity index (χ1v) is 9.59. The molecule has 0 radical (unpaired) electrons. The third-order valence-corrected chi connectivity index (χ3v) is 5.02. The Hall–Kier alpha value is -3.68. The van der Waals surface area contributed by atoms with E-state index in [0.717, 1.165) is 4.90 Å². The number of carbonyl (C=O) groups is 1. The summed E-state index contributed by atoms with van der Waals surface area (Å²) in [4.78, 5) is 22.4. The maximum atomic E-state index is 14.4. The zero-order valence-corrected chi connectivity index (χ0v) is 16.6. The van der Waals surface area contributed by atoms with Gasteiger partial charge in [0.2, 0.25) is 0 Å². The lowest BCUT2D eigenvalue weighted by Gasteiger charge is -2.30. The van der Waals surface area contributed by atoms with E-state index in [4.69, 9.17) is 0 Å². The standard InChI is InChI=1S/C23H19F3N4O/c1-16-9-8-14-27-19(16)28-22(23(24,25)26)21(31)30(15-17-10-4-2-5-11-17)20(29-22)18-12-6-3-7-13-18/h2-14H,15H2,1H3,(H,27,28)/t22-/m1/s1. The minimum atomic E-state index is -5.00. The Morgan fingerprint density at radius 1 is 0.968 bits per heavy atom. The molecule has 2 aromatic carbocycles. The Kier molecular flexibility index (Phi) is 5.22. The SMILES string of the molecule is Cc1cccnc1N[C@@]1(C(F)(F)F)N=C(c2ccccc2)N(Cc2ccccc2)C1=O. The molecule has 2 heterocycles. The summed E-state index contributed by atoms with van der Waals surface area (Å²) in [7, 11) is 0. The summed E-state index contributed by atoms with van der Waals surface area (Å²) in [6, 6.07) is 20.4. The monoisotopic (exact) mass is 424 g/mol. The second kappa shape index (κ2) is 7.86. The number of hydrogen-bond acceptors (Lipinski definition) is 4. The number of aliphatic imine (C=N–C) groups is 1. The van der Waals surface area contributed by atoms with Gasteiger partial charge in [0.05, 0.1) is 6.54 Å². The van der Waals surface area contributed by atoms with Gasteiger partial charge in [-0.25, -0.2) is 9.98 Å². The fraction of sp³-hybridized carbons (Fsp3) is 0.174. The molecule has 0 saturated carbocycles. The van der Waals surface area contributed by atoms with Crippen molar-refractivity contribution in [2.45, 2.75) is 25.3 Å². The van der Waals surface area contributed by atoms with Crippen molar-refractivity contribution < 1.29 is 18.0 Å². The number of halogens is 3. The molecule has 3 aromatic rings. The minimum absolute atomic E-state index is 0.0475. The molecule has 5 nitrogen and oxygen atoms in total. The van der Waals surface area contributed by atoms with E-state index in [0.29, 0.717) is 16.7 Å². The third kappa shape index (κ3) is 3.76. The molecule has 1 aromatic heterocycles. The highest BCUT2D eigenvalue weighted by Crippen LogP contribution is 2.41. The van der Waals surface area contributed by atoms with Crippen LogP contribution in [0.15, 0.2) is 84.0 Å². The number of amidine groups is 1. The van der Waals surface area contributed by atoms with Crippen molar-refractivity contribution in [1.82, 2.24) is 9.88 Å². The molecular formula is C23H19F3N4O. The van der Waals surface area contributed by atoms with Gasteiger partial charge in [-0.1, -0.05) is 66.7 Å². The number of benzene rings is 2. The average molecular weight is 424 g/mol. The van der Waals surface area contributed by atoms with Crippen LogP contribution in [0.4, 0.5) is 19.0 Å². The van der Waals surface area contributed by atoms with Gasteiger partial charge in [0, 0.05) is 11.8 Å². The number of nitrogens with one attached hydrogen (secondary N) is 1. The van der Waals surface area contributed by atoms with Gasteiger partial charge in [-0.05, 0) is 24.1 Å². The van der Waals surface area contributed by atoms with Crippen molar-refractivity contribution in [3.05, 3.63) is 95.7 Å². The molecular weight excluding hydrogens is 405 g/mol. The molecule has 4 rings (SSSR count). The summed E-state index contributed by atoms with van der Waals surface area (Å²) in [6.07, 6.45) is -3.64. The molecule has 31 heavy (non-hydrogen) atoms. The number of pyridine rings is 1. The van der Waals surface area contributed by atoms with Gasteiger partial charge in [0.25, 0.3) is 5.91 Å². The van der Waals surface area contributed by atoms with Gasteiger partial charge in [-0.3, -0.25) is 9.69 Å². The normalized spacial score (nSPS) is 18.8. The lowest BCUT2D eigenvalue weighted by molar-refractivity contribution is -0.185. The molecule has 1 N–H and O–H groups in total. The van der Waals surface area contributed by atoms with Crippen LogP contribution in [0.2, 0.25) is 0 Å². The summed E-state index contributed by atoms with van der Waals surface area (Å²) < 4.78 is 43.3. The molecule has 0 aliphatic carbocycles. The Labute approximate surface area is 177 Å². The zero-order chi connectivity index (χ0) is 22.1. The van der Waals surface area contributed by atoms with Crippen LogP contribution in [0.5, 0.6) is 0 Å². The summed E-state index contributed by atoms with van der Waals surface area (Å²) in [5.41, 5.74) is -1.60. The van der Waals surface area contributed by atoms with Crippen LogP contribution >= 0.6 is 0 Å². The first-order valence-electron chi connectivity index (χ1n) is 9.59. The van der Waals surface area contributed by atoms with Crippen molar-refractivity contribution in [3.8, 4) is 0 Å². The lowest BCUT2D eigenvalue weighted by Crippen LogP contribution is -2.58. The number of hydrogen-bond donors (Lipinski definition) is 1. The summed E-state index contributed by atoms with van der Waals surface area (Å²) in [5.74, 6) is -1.30. The van der Waals surface area contributed by atoms with Crippen molar-refractivity contribution in [1.29, 1.82) is 0 Å². The highest BCUT2D eigenvalue weighted by molar-refractivity contribution is 6.16. The van der Waals surface area contributed by atoms with E-state index in [1.165, 1.54) is 6.20 Å². The fourth-order valence-corrected chi connectivity index (χ4v) is 3.40. The van der Waals surface area contributed by atoms with Crippen LogP contribution in [0.3, 0.4) is 0 Å². The van der Waals surface area contributed by atoms with Gasteiger partial charge < -0.3 is 5.32 Å². The summed E-state index contributed by atoms with van der Waals surface area (Å²) in [5, 5.41) is 2.31. The minimum Gasteiger partial charge on any atom is -0.330 e. The molecule has 8 heteroatoms. The highest BCUT2D eigenvalue weighted by Gasteiger charge is 2.66.